The molecule has 2 rings (SSSR count). The molecular formula is C21H28N2O5S. The molecule has 2 aromatic rings. The van der Waals surface area contributed by atoms with Gasteiger partial charge in [0.15, 0.2) is 6.61 Å². The molecule has 0 radical (unpaired) electrons. The molecule has 0 unspecified atom stereocenters. The number of sulfonamides is 1. The number of methoxy groups -OCH3 is 1. The van der Waals surface area contributed by atoms with E-state index < -0.39 is 10.0 Å². The fourth-order valence-electron chi connectivity index (χ4n) is 2.72. The van der Waals surface area contributed by atoms with Gasteiger partial charge in [-0.1, -0.05) is 6.07 Å². The van der Waals surface area contributed by atoms with Crippen LogP contribution in [0, 0.1) is 20.8 Å². The van der Waals surface area contributed by atoms with E-state index in [1.54, 1.807) is 32.2 Å². The molecule has 0 aromatic heterocycles. The van der Waals surface area contributed by atoms with Crippen LogP contribution in [0.4, 0.5) is 5.69 Å². The van der Waals surface area contributed by atoms with Gasteiger partial charge in [0.25, 0.3) is 15.9 Å². The fraction of sp³-hybridized carbons (Fsp3) is 0.381. The molecule has 0 bridgehead atoms. The van der Waals surface area contributed by atoms with E-state index in [2.05, 4.69) is 10.0 Å². The van der Waals surface area contributed by atoms with Crippen molar-refractivity contribution in [1.82, 2.24) is 5.32 Å². The van der Waals surface area contributed by atoms with Crippen LogP contribution in [0.15, 0.2) is 41.3 Å². The van der Waals surface area contributed by atoms with Crippen LogP contribution in [0.5, 0.6) is 5.75 Å². The first-order chi connectivity index (χ1) is 13.6. The van der Waals surface area contributed by atoms with E-state index in [0.717, 1.165) is 11.1 Å². The number of ether oxygens (including phenoxy) is 2. The number of benzene rings is 2. The normalized spacial score (nSPS) is 12.3. The Morgan fingerprint density at radius 2 is 1.76 bits per heavy atom. The van der Waals surface area contributed by atoms with Crippen LogP contribution in [0.2, 0.25) is 0 Å². The number of aryl methyl sites for hydroxylation is 3. The van der Waals surface area contributed by atoms with Crippen molar-refractivity contribution >= 4 is 21.6 Å². The summed E-state index contributed by atoms with van der Waals surface area (Å²) in [5, 5.41) is 2.75. The third kappa shape index (κ3) is 6.47. The third-order valence-electron chi connectivity index (χ3n) is 4.40. The quantitative estimate of drug-likeness (QED) is 0.651. The zero-order valence-corrected chi connectivity index (χ0v) is 18.2. The second-order valence-electron chi connectivity index (χ2n) is 7.04. The Labute approximate surface area is 172 Å². The van der Waals surface area contributed by atoms with Crippen molar-refractivity contribution in [3.05, 3.63) is 53.1 Å². The number of amides is 1. The second kappa shape index (κ2) is 9.76. The summed E-state index contributed by atoms with van der Waals surface area (Å²) in [6.45, 7) is 7.70. The lowest BCUT2D eigenvalue weighted by Gasteiger charge is -2.15. The van der Waals surface area contributed by atoms with Crippen molar-refractivity contribution in [1.29, 1.82) is 0 Å². The molecular weight excluding hydrogens is 392 g/mol. The number of carbonyl (C=O) groups is 1. The molecule has 7 nitrogen and oxygen atoms in total. The summed E-state index contributed by atoms with van der Waals surface area (Å²) in [4.78, 5) is 12.0. The highest BCUT2D eigenvalue weighted by Gasteiger charge is 2.17. The summed E-state index contributed by atoms with van der Waals surface area (Å²) in [5.41, 5.74) is 3.22. The van der Waals surface area contributed by atoms with E-state index in [-0.39, 0.29) is 23.5 Å². The van der Waals surface area contributed by atoms with E-state index >= 15 is 0 Å². The standard InChI is InChI=1S/C21H28N2O5S/c1-14-6-7-18(10-15(14)2)23-29(25,26)19-8-9-20(16(3)11-19)28-13-21(24)22-17(4)12-27-5/h6-11,17,23H,12-13H2,1-5H3,(H,22,24)/t17-/m0/s1. The number of hydrogen-bond donors (Lipinski definition) is 2. The van der Waals surface area contributed by atoms with Crippen molar-refractivity contribution < 1.29 is 22.7 Å². The first-order valence-electron chi connectivity index (χ1n) is 9.24. The third-order valence-corrected chi connectivity index (χ3v) is 5.78. The Morgan fingerprint density at radius 3 is 2.38 bits per heavy atom. The highest BCUT2D eigenvalue weighted by Crippen LogP contribution is 2.24. The van der Waals surface area contributed by atoms with E-state index in [4.69, 9.17) is 9.47 Å². The molecule has 1 atom stereocenters. The van der Waals surface area contributed by atoms with Crippen molar-refractivity contribution in [3.8, 4) is 5.75 Å². The van der Waals surface area contributed by atoms with Gasteiger partial charge in [-0.15, -0.1) is 0 Å². The first-order valence-corrected chi connectivity index (χ1v) is 10.7. The number of nitrogens with one attached hydrogen (secondary N) is 2. The van der Waals surface area contributed by atoms with Crippen molar-refractivity contribution in [2.24, 2.45) is 0 Å². The first kappa shape index (κ1) is 22.7. The molecule has 0 spiro atoms. The molecule has 0 aliphatic carbocycles. The topological polar surface area (TPSA) is 93.7 Å². The van der Waals surface area contributed by atoms with Crippen molar-refractivity contribution in [2.45, 2.75) is 38.6 Å². The van der Waals surface area contributed by atoms with Crippen LogP contribution in [-0.2, 0) is 19.6 Å². The number of anilines is 1. The summed E-state index contributed by atoms with van der Waals surface area (Å²) >= 11 is 0. The van der Waals surface area contributed by atoms with Gasteiger partial charge in [-0.2, -0.15) is 0 Å². The van der Waals surface area contributed by atoms with Crippen LogP contribution in [0.3, 0.4) is 0 Å². The van der Waals surface area contributed by atoms with E-state index in [1.807, 2.05) is 26.8 Å². The number of rotatable bonds is 9. The maximum Gasteiger partial charge on any atom is 0.261 e. The number of hydrogen-bond acceptors (Lipinski definition) is 5. The predicted molar refractivity (Wildman–Crippen MR) is 113 cm³/mol. The molecule has 158 valence electrons. The van der Waals surface area contributed by atoms with E-state index in [9.17, 15) is 13.2 Å². The molecule has 0 aliphatic heterocycles. The SMILES string of the molecule is COC[C@H](C)NC(=O)COc1ccc(S(=O)(=O)Nc2ccc(C)c(C)c2)cc1C. The van der Waals surface area contributed by atoms with Crippen molar-refractivity contribution in [2.75, 3.05) is 25.0 Å². The summed E-state index contributed by atoms with van der Waals surface area (Å²) in [6.07, 6.45) is 0. The molecule has 2 N–H and O–H groups in total. The Hall–Kier alpha value is -2.58. The van der Waals surface area contributed by atoms with Gasteiger partial charge in [-0.3, -0.25) is 9.52 Å². The van der Waals surface area contributed by atoms with Crippen LogP contribution in [0.25, 0.3) is 0 Å². The van der Waals surface area contributed by atoms with Gasteiger partial charge in [0, 0.05) is 18.8 Å². The zero-order chi connectivity index (χ0) is 21.6. The zero-order valence-electron chi connectivity index (χ0n) is 17.4. The molecule has 0 saturated heterocycles. The average Bonchev–Trinajstić information content (AvgIpc) is 2.63. The smallest absolute Gasteiger partial charge is 0.261 e. The van der Waals surface area contributed by atoms with E-state index in [1.165, 1.54) is 12.1 Å². The summed E-state index contributed by atoms with van der Waals surface area (Å²) in [7, 11) is -2.17. The summed E-state index contributed by atoms with van der Waals surface area (Å²) < 4.78 is 38.4. The highest BCUT2D eigenvalue weighted by atomic mass is 32.2. The molecule has 8 heteroatoms. The van der Waals surface area contributed by atoms with E-state index in [0.29, 0.717) is 23.6 Å². The lowest BCUT2D eigenvalue weighted by molar-refractivity contribution is -0.124. The Morgan fingerprint density at radius 1 is 1.03 bits per heavy atom. The Kier molecular flexibility index (Phi) is 7.64. The minimum Gasteiger partial charge on any atom is -0.484 e. The van der Waals surface area contributed by atoms with Crippen LogP contribution < -0.4 is 14.8 Å². The lowest BCUT2D eigenvalue weighted by atomic mass is 10.1. The predicted octanol–water partition coefficient (Wildman–Crippen LogP) is 2.94. The lowest BCUT2D eigenvalue weighted by Crippen LogP contribution is -2.38. The van der Waals surface area contributed by atoms with Gasteiger partial charge in [-0.05, 0) is 74.7 Å². The fourth-order valence-corrected chi connectivity index (χ4v) is 3.86. The maximum atomic E-state index is 12.7. The van der Waals surface area contributed by atoms with Crippen molar-refractivity contribution in [3.63, 3.8) is 0 Å². The molecule has 0 heterocycles. The van der Waals surface area contributed by atoms with Gasteiger partial charge in [-0.25, -0.2) is 8.42 Å². The summed E-state index contributed by atoms with van der Waals surface area (Å²) in [5.74, 6) is 0.173. The van der Waals surface area contributed by atoms with Gasteiger partial charge >= 0.3 is 0 Å². The average molecular weight is 421 g/mol. The highest BCUT2D eigenvalue weighted by molar-refractivity contribution is 7.92. The maximum absolute atomic E-state index is 12.7. The molecule has 1 amide bonds. The van der Waals surface area contributed by atoms with Crippen LogP contribution >= 0.6 is 0 Å². The minimum atomic E-state index is -3.73. The second-order valence-corrected chi connectivity index (χ2v) is 8.73. The van der Waals surface area contributed by atoms with Gasteiger partial charge in [0.1, 0.15) is 5.75 Å². The van der Waals surface area contributed by atoms with Crippen LogP contribution in [0.1, 0.15) is 23.6 Å². The van der Waals surface area contributed by atoms with Gasteiger partial charge in [0.05, 0.1) is 11.5 Å². The molecule has 0 fully saturated rings. The summed E-state index contributed by atoms with van der Waals surface area (Å²) in [6, 6.07) is 9.79. The molecule has 29 heavy (non-hydrogen) atoms. The number of carbonyl (C=O) groups excluding carboxylic acids is 1. The minimum absolute atomic E-state index is 0.124. The van der Waals surface area contributed by atoms with Gasteiger partial charge in [0.2, 0.25) is 0 Å². The largest absolute Gasteiger partial charge is 0.484 e. The Bertz CT molecular complexity index is 973. The van der Waals surface area contributed by atoms with Crippen LogP contribution in [-0.4, -0.2) is 40.7 Å². The molecule has 0 aliphatic rings. The monoisotopic (exact) mass is 420 g/mol. The molecule has 0 saturated carbocycles. The Balaban J connectivity index is 2.05. The molecule has 2 aromatic carbocycles. The van der Waals surface area contributed by atoms with Gasteiger partial charge < -0.3 is 14.8 Å².